The normalized spacial score (nSPS) is 39.4. The minimum absolute atomic E-state index is 0.102. The third-order valence-electron chi connectivity index (χ3n) is 6.91. The molecule has 1 saturated carbocycles. The molecule has 2 heterocycles. The fourth-order valence-corrected chi connectivity index (χ4v) is 5.45. The molecule has 0 unspecified atom stereocenters. The smallest absolute Gasteiger partial charge is 0.294 e. The van der Waals surface area contributed by atoms with E-state index in [9.17, 15) is 10.5 Å². The summed E-state index contributed by atoms with van der Waals surface area (Å²) in [7, 11) is 0. The number of benzene rings is 2. The molecule has 2 N–H and O–H groups in total. The SMILES string of the molecule is C[C@H]1CO[C@@]2(N=C(N)[C@@]3(C#N)[C@](C)(c4ccc(-c5ccccc5)cc4)[C@@]23C#N)O1. The zero-order valence-corrected chi connectivity index (χ0v) is 16.2. The Morgan fingerprint density at radius 3 is 2.24 bits per heavy atom. The van der Waals surface area contributed by atoms with Gasteiger partial charge in [-0.05, 0) is 23.6 Å². The molecule has 29 heavy (non-hydrogen) atoms. The molecule has 5 rings (SSSR count). The highest BCUT2D eigenvalue weighted by Gasteiger charge is 3.00. The molecule has 144 valence electrons. The van der Waals surface area contributed by atoms with E-state index >= 15 is 0 Å². The van der Waals surface area contributed by atoms with Gasteiger partial charge in [-0.1, -0.05) is 61.5 Å². The van der Waals surface area contributed by atoms with Crippen molar-refractivity contribution in [2.75, 3.05) is 6.61 Å². The zero-order valence-electron chi connectivity index (χ0n) is 16.2. The molecule has 5 atom stereocenters. The van der Waals surface area contributed by atoms with Crippen molar-refractivity contribution in [3.05, 3.63) is 60.2 Å². The van der Waals surface area contributed by atoms with Crippen molar-refractivity contribution >= 4 is 5.84 Å². The first kappa shape index (κ1) is 17.9. The maximum Gasteiger partial charge on any atom is 0.294 e. The molecule has 2 fully saturated rings. The summed E-state index contributed by atoms with van der Waals surface area (Å²) < 4.78 is 11.9. The van der Waals surface area contributed by atoms with E-state index in [1.165, 1.54) is 0 Å². The number of nitrogens with two attached hydrogens (primary N) is 1. The predicted molar refractivity (Wildman–Crippen MR) is 106 cm³/mol. The highest BCUT2D eigenvalue weighted by atomic mass is 16.8. The summed E-state index contributed by atoms with van der Waals surface area (Å²) in [6, 6.07) is 22.6. The number of hydrogen-bond acceptors (Lipinski definition) is 6. The van der Waals surface area contributed by atoms with Crippen molar-refractivity contribution in [1.29, 1.82) is 10.5 Å². The van der Waals surface area contributed by atoms with E-state index in [-0.39, 0.29) is 11.9 Å². The van der Waals surface area contributed by atoms with Crippen molar-refractivity contribution in [2.24, 2.45) is 21.6 Å². The summed E-state index contributed by atoms with van der Waals surface area (Å²) in [5.41, 5.74) is 5.72. The van der Waals surface area contributed by atoms with E-state index < -0.39 is 22.2 Å². The number of aliphatic imine (C=N–C) groups is 1. The largest absolute Gasteiger partial charge is 0.386 e. The Hall–Kier alpha value is -3.19. The lowest BCUT2D eigenvalue weighted by atomic mass is 9.84. The van der Waals surface area contributed by atoms with E-state index in [0.29, 0.717) is 6.61 Å². The monoisotopic (exact) mass is 384 g/mol. The average Bonchev–Trinajstić information content (AvgIpc) is 2.92. The van der Waals surface area contributed by atoms with Gasteiger partial charge < -0.3 is 15.2 Å². The Bertz CT molecular complexity index is 1120. The first-order valence-electron chi connectivity index (χ1n) is 9.58. The second kappa shape index (κ2) is 5.45. The number of nitrogens with zero attached hydrogens (tertiary/aromatic N) is 3. The molecule has 0 bridgehead atoms. The maximum atomic E-state index is 10.3. The van der Waals surface area contributed by atoms with Crippen LogP contribution in [0, 0.1) is 33.5 Å². The molecule has 1 saturated heterocycles. The van der Waals surface area contributed by atoms with Crippen LogP contribution in [0.15, 0.2) is 59.6 Å². The molecule has 2 aliphatic heterocycles. The van der Waals surface area contributed by atoms with Crippen LogP contribution in [0.1, 0.15) is 19.4 Å². The lowest BCUT2D eigenvalue weighted by Crippen LogP contribution is -2.42. The van der Waals surface area contributed by atoms with Crippen LogP contribution in [0.5, 0.6) is 0 Å². The van der Waals surface area contributed by atoms with Gasteiger partial charge in [0.15, 0.2) is 10.8 Å². The van der Waals surface area contributed by atoms with Crippen LogP contribution in [0.25, 0.3) is 11.1 Å². The van der Waals surface area contributed by atoms with E-state index in [2.05, 4.69) is 17.1 Å². The second-order valence-corrected chi connectivity index (χ2v) is 8.11. The van der Waals surface area contributed by atoms with Crippen LogP contribution >= 0.6 is 0 Å². The fourth-order valence-electron chi connectivity index (χ4n) is 5.45. The summed E-state index contributed by atoms with van der Waals surface area (Å²) >= 11 is 0. The van der Waals surface area contributed by atoms with Crippen molar-refractivity contribution in [2.45, 2.75) is 31.3 Å². The molecule has 1 aliphatic carbocycles. The molecule has 3 aliphatic rings. The van der Waals surface area contributed by atoms with E-state index in [0.717, 1.165) is 16.7 Å². The standard InChI is InChI=1S/C23H20N4O2/c1-15-12-28-23(29-15)22(14-25)20(2,21(22,13-24)19(26)27-23)18-10-8-17(9-11-18)16-6-4-3-5-7-16/h3-11,15H,12H2,1-2H3,(H2,26,27)/t15-,20-,21-,22+,23+/m0/s1. The van der Waals surface area contributed by atoms with Gasteiger partial charge in [-0.25, -0.2) is 4.99 Å². The van der Waals surface area contributed by atoms with E-state index in [4.69, 9.17) is 15.2 Å². The van der Waals surface area contributed by atoms with Gasteiger partial charge >= 0.3 is 0 Å². The van der Waals surface area contributed by atoms with Gasteiger partial charge in [0, 0.05) is 5.41 Å². The van der Waals surface area contributed by atoms with Crippen LogP contribution in [0.4, 0.5) is 0 Å². The molecule has 6 heteroatoms. The number of amidine groups is 1. The molecular formula is C23H20N4O2. The summed E-state index contributed by atoms with van der Waals surface area (Å²) in [6.07, 6.45) is -0.239. The minimum Gasteiger partial charge on any atom is -0.386 e. The Balaban J connectivity index is 1.65. The van der Waals surface area contributed by atoms with Crippen LogP contribution in [-0.4, -0.2) is 24.5 Å². The zero-order chi connectivity index (χ0) is 20.5. The van der Waals surface area contributed by atoms with Gasteiger partial charge in [0.1, 0.15) is 5.84 Å². The molecule has 0 aromatic heterocycles. The van der Waals surface area contributed by atoms with Crippen LogP contribution < -0.4 is 5.73 Å². The molecule has 2 aromatic carbocycles. The summed E-state index contributed by atoms with van der Waals surface area (Å²) in [6.45, 7) is 4.03. The predicted octanol–water partition coefficient (Wildman–Crippen LogP) is 3.10. The average molecular weight is 384 g/mol. The van der Waals surface area contributed by atoms with Gasteiger partial charge in [-0.15, -0.1) is 0 Å². The Morgan fingerprint density at radius 1 is 1.03 bits per heavy atom. The molecule has 6 nitrogen and oxygen atoms in total. The number of nitriles is 2. The van der Waals surface area contributed by atoms with Crippen molar-refractivity contribution in [3.8, 4) is 23.3 Å². The van der Waals surface area contributed by atoms with Gasteiger partial charge in [-0.3, -0.25) is 0 Å². The van der Waals surface area contributed by atoms with E-state index in [1.807, 2.05) is 68.4 Å². The van der Waals surface area contributed by atoms with E-state index in [1.54, 1.807) is 0 Å². The van der Waals surface area contributed by atoms with Crippen molar-refractivity contribution in [1.82, 2.24) is 0 Å². The number of fused-ring (bicyclic) bond motifs is 2. The van der Waals surface area contributed by atoms with Gasteiger partial charge in [-0.2, -0.15) is 10.5 Å². The van der Waals surface area contributed by atoms with Crippen molar-refractivity contribution in [3.63, 3.8) is 0 Å². The Morgan fingerprint density at radius 2 is 1.69 bits per heavy atom. The quantitative estimate of drug-likeness (QED) is 0.857. The summed E-state index contributed by atoms with van der Waals surface area (Å²) in [5, 5.41) is 20.5. The summed E-state index contributed by atoms with van der Waals surface area (Å²) in [4.78, 5) is 4.38. The highest BCUT2D eigenvalue weighted by molar-refractivity contribution is 6.02. The third kappa shape index (κ3) is 1.71. The van der Waals surface area contributed by atoms with Crippen LogP contribution in [0.3, 0.4) is 0 Å². The Kier molecular flexibility index (Phi) is 3.36. The lowest BCUT2D eigenvalue weighted by molar-refractivity contribution is -0.196. The third-order valence-corrected chi connectivity index (χ3v) is 6.91. The first-order chi connectivity index (χ1) is 13.9. The summed E-state index contributed by atoms with van der Waals surface area (Å²) in [5.74, 6) is -1.45. The minimum atomic E-state index is -1.55. The molecular weight excluding hydrogens is 364 g/mol. The first-order valence-corrected chi connectivity index (χ1v) is 9.58. The lowest BCUT2D eigenvalue weighted by Gasteiger charge is -2.30. The molecule has 1 spiro atoms. The molecule has 0 radical (unpaired) electrons. The molecule has 0 amide bonds. The van der Waals surface area contributed by atoms with Gasteiger partial charge in [0.2, 0.25) is 0 Å². The van der Waals surface area contributed by atoms with Crippen molar-refractivity contribution < 1.29 is 9.47 Å². The van der Waals surface area contributed by atoms with Crippen LogP contribution in [-0.2, 0) is 14.9 Å². The molecule has 2 aromatic rings. The van der Waals surface area contributed by atoms with Crippen LogP contribution in [0.2, 0.25) is 0 Å². The topological polar surface area (TPSA) is 104 Å². The maximum absolute atomic E-state index is 10.3. The van der Waals surface area contributed by atoms with Gasteiger partial charge in [0.25, 0.3) is 5.91 Å². The fraction of sp³-hybridized carbons (Fsp3) is 0.348. The number of ether oxygens (including phenoxy) is 2. The number of hydrogen-bond donors (Lipinski definition) is 1. The second-order valence-electron chi connectivity index (χ2n) is 8.11. The highest BCUT2D eigenvalue weighted by Crippen LogP contribution is 2.85. The number of rotatable bonds is 2. The Labute approximate surface area is 169 Å². The van der Waals surface area contributed by atoms with Gasteiger partial charge in [0.05, 0.1) is 24.8 Å².